The number of H-pyrrole nitrogens is 2. The van der Waals surface area contributed by atoms with Crippen LogP contribution in [-0.4, -0.2) is 27.7 Å². The number of aryl methyl sites for hydroxylation is 2. The van der Waals surface area contributed by atoms with Gasteiger partial charge < -0.3 is 19.7 Å². The molecule has 15 heteroatoms. The molecule has 0 amide bonds. The van der Waals surface area contributed by atoms with Gasteiger partial charge in [0.2, 0.25) is 0 Å². The average Bonchev–Trinajstić information content (AvgIpc) is 3.41. The molecule has 0 aliphatic rings. The molecule has 0 bridgehead atoms. The third-order valence-corrected chi connectivity index (χ3v) is 5.99. The van der Waals surface area contributed by atoms with Crippen LogP contribution >= 0.6 is 47.1 Å². The first-order valence-corrected chi connectivity index (χ1v) is 14.2. The van der Waals surface area contributed by atoms with E-state index in [1.807, 2.05) is 86.9 Å². The molecule has 196 valence electrons. The first kappa shape index (κ1) is 30.2. The van der Waals surface area contributed by atoms with E-state index in [1.54, 1.807) is 22.7 Å². The van der Waals surface area contributed by atoms with E-state index >= 15 is 0 Å². The summed E-state index contributed by atoms with van der Waals surface area (Å²) < 4.78 is 34.1. The number of hydrogen-bond donors (Lipinski definition) is 4. The molecular formula is C22H24N6O4S5. The van der Waals surface area contributed by atoms with Gasteiger partial charge >= 0.3 is 10.3 Å². The van der Waals surface area contributed by atoms with Crippen molar-refractivity contribution in [2.75, 3.05) is 21.3 Å². The van der Waals surface area contributed by atoms with Crippen LogP contribution in [0.25, 0.3) is 0 Å². The van der Waals surface area contributed by atoms with Gasteiger partial charge in [-0.1, -0.05) is 59.1 Å². The second kappa shape index (κ2) is 15.3. The second-order valence-corrected chi connectivity index (χ2v) is 11.1. The molecule has 0 unspecified atom stereocenters. The molecule has 37 heavy (non-hydrogen) atoms. The Hall–Kier alpha value is -3.05. The van der Waals surface area contributed by atoms with E-state index in [0.29, 0.717) is 10.2 Å². The molecule has 0 spiro atoms. The van der Waals surface area contributed by atoms with Crippen LogP contribution in [0.3, 0.4) is 0 Å². The van der Waals surface area contributed by atoms with Crippen LogP contribution in [0.4, 0.5) is 21.6 Å². The van der Waals surface area contributed by atoms with Crippen molar-refractivity contribution in [1.29, 1.82) is 0 Å². The number of anilines is 4. The van der Waals surface area contributed by atoms with Crippen LogP contribution in [-0.2, 0) is 10.4 Å². The van der Waals surface area contributed by atoms with Crippen LogP contribution in [0.1, 0.15) is 9.75 Å². The fourth-order valence-corrected chi connectivity index (χ4v) is 4.46. The van der Waals surface area contributed by atoms with Crippen LogP contribution in [0.2, 0.25) is 0 Å². The Morgan fingerprint density at radius 1 is 0.703 bits per heavy atom. The summed E-state index contributed by atoms with van der Waals surface area (Å²) in [4.78, 5) is 8.63. The summed E-state index contributed by atoms with van der Waals surface area (Å²) >= 11 is 13.6. The summed E-state index contributed by atoms with van der Waals surface area (Å²) in [5.74, 6) is 0. The molecule has 2 aromatic heterocycles. The minimum atomic E-state index is -5.17. The monoisotopic (exact) mass is 596 g/mol. The molecule has 0 radical (unpaired) electrons. The quantitative estimate of drug-likeness (QED) is 0.154. The van der Waals surface area contributed by atoms with E-state index in [1.165, 1.54) is 9.75 Å². The van der Waals surface area contributed by atoms with Gasteiger partial charge in [-0.3, -0.25) is 8.42 Å². The number of hydrogen-bond acceptors (Lipinski definition) is 8. The van der Waals surface area contributed by atoms with Gasteiger partial charge in [-0.2, -0.15) is 0 Å². The largest absolute Gasteiger partial charge is 0.759 e. The normalized spacial score (nSPS) is 10.1. The number of aromatic amines is 2. The minimum absolute atomic E-state index is 0.587. The van der Waals surface area contributed by atoms with Gasteiger partial charge in [-0.15, -0.1) is 0 Å². The lowest BCUT2D eigenvalue weighted by molar-refractivity contribution is -0.354. The molecule has 2 heterocycles. The Labute approximate surface area is 233 Å². The number of para-hydroxylation sites is 2. The number of thiazole rings is 2. The van der Waals surface area contributed by atoms with Crippen molar-refractivity contribution >= 4 is 89.4 Å². The van der Waals surface area contributed by atoms with Crippen LogP contribution in [0, 0.1) is 13.8 Å². The maximum absolute atomic E-state index is 8.52. The van der Waals surface area contributed by atoms with E-state index < -0.39 is 10.4 Å². The van der Waals surface area contributed by atoms with Crippen molar-refractivity contribution < 1.29 is 27.5 Å². The number of aromatic nitrogens is 2. The highest BCUT2D eigenvalue weighted by Crippen LogP contribution is 2.14. The first-order chi connectivity index (χ1) is 17.5. The predicted octanol–water partition coefficient (Wildman–Crippen LogP) is 4.02. The van der Waals surface area contributed by atoms with Crippen molar-refractivity contribution in [3.8, 4) is 0 Å². The molecule has 0 saturated heterocycles. The Morgan fingerprint density at radius 3 is 1.30 bits per heavy atom. The molecule has 4 aromatic rings. The zero-order valence-corrected chi connectivity index (χ0v) is 23.7. The Kier molecular flexibility index (Phi) is 12.4. The van der Waals surface area contributed by atoms with Crippen molar-refractivity contribution in [2.24, 2.45) is 0 Å². The van der Waals surface area contributed by atoms with Crippen molar-refractivity contribution in [3.05, 3.63) is 82.8 Å². The lowest BCUT2D eigenvalue weighted by atomic mass is 10.3. The summed E-state index contributed by atoms with van der Waals surface area (Å²) in [6.07, 6.45) is 3.89. The lowest BCUT2D eigenvalue weighted by Crippen LogP contribution is -2.21. The number of rotatable bonds is 4. The van der Waals surface area contributed by atoms with Crippen LogP contribution < -0.4 is 31.2 Å². The van der Waals surface area contributed by atoms with E-state index in [9.17, 15) is 0 Å². The molecule has 0 saturated carbocycles. The summed E-state index contributed by atoms with van der Waals surface area (Å²) in [5.41, 5.74) is 1.96. The Balaban J connectivity index is 0.000000221. The number of benzene rings is 2. The summed E-state index contributed by atoms with van der Waals surface area (Å²) in [6.45, 7) is 4.08. The molecule has 0 aliphatic carbocycles. The summed E-state index contributed by atoms with van der Waals surface area (Å²) in [7, 11) is -5.17. The fraction of sp³-hybridized carbons (Fsp3) is 0.0909. The summed E-state index contributed by atoms with van der Waals surface area (Å²) in [5, 5.41) is 15.4. The van der Waals surface area contributed by atoms with Gasteiger partial charge in [0.05, 0.1) is 0 Å². The molecule has 2 aromatic carbocycles. The lowest BCUT2D eigenvalue weighted by Gasteiger charge is -2.06. The highest BCUT2D eigenvalue weighted by atomic mass is 32.3. The minimum Gasteiger partial charge on any atom is -0.759 e. The second-order valence-electron chi connectivity index (χ2n) is 6.96. The molecule has 0 aliphatic heterocycles. The van der Waals surface area contributed by atoms with Crippen molar-refractivity contribution in [2.45, 2.75) is 13.8 Å². The molecule has 10 nitrogen and oxygen atoms in total. The number of nitrogens with one attached hydrogen (secondary N) is 6. The average molecular weight is 597 g/mol. The van der Waals surface area contributed by atoms with Gasteiger partial charge in [0, 0.05) is 31.5 Å². The smallest absolute Gasteiger partial charge is 0.338 e. The molecule has 0 fully saturated rings. The third kappa shape index (κ3) is 14.3. The highest BCUT2D eigenvalue weighted by Gasteiger charge is 2.09. The SMILES string of the molecule is Cc1c[nH+]c(NC(=S)Nc2ccccc2)s1.Cc1c[nH+]c(NC(=S)Nc2ccccc2)s1.O=S(=O)([O-])[O-]. The molecular weight excluding hydrogens is 573 g/mol. The third-order valence-electron chi connectivity index (χ3n) is 3.86. The summed E-state index contributed by atoms with van der Waals surface area (Å²) in [6, 6.07) is 19.7. The van der Waals surface area contributed by atoms with E-state index in [0.717, 1.165) is 21.6 Å². The molecule has 4 rings (SSSR count). The van der Waals surface area contributed by atoms with Gasteiger partial charge in [-0.05, 0) is 62.5 Å². The van der Waals surface area contributed by atoms with Crippen LogP contribution in [0.5, 0.6) is 0 Å². The zero-order chi connectivity index (χ0) is 27.3. The van der Waals surface area contributed by atoms with Crippen molar-refractivity contribution in [3.63, 3.8) is 0 Å². The predicted molar refractivity (Wildman–Crippen MR) is 154 cm³/mol. The topological polar surface area (TPSA) is 157 Å². The van der Waals surface area contributed by atoms with Gasteiger partial charge in [0.1, 0.15) is 12.4 Å². The van der Waals surface area contributed by atoms with Crippen LogP contribution in [0.15, 0.2) is 73.1 Å². The Bertz CT molecular complexity index is 1280. The van der Waals surface area contributed by atoms with Gasteiger partial charge in [0.15, 0.2) is 0 Å². The van der Waals surface area contributed by atoms with Crippen molar-refractivity contribution in [1.82, 2.24) is 0 Å². The van der Waals surface area contributed by atoms with E-state index in [4.69, 9.17) is 42.0 Å². The van der Waals surface area contributed by atoms with E-state index in [-0.39, 0.29) is 0 Å². The van der Waals surface area contributed by atoms with Gasteiger partial charge in [-0.25, -0.2) is 20.6 Å². The maximum Gasteiger partial charge on any atom is 0.338 e. The number of thiocarbonyl (C=S) groups is 2. The zero-order valence-electron chi connectivity index (χ0n) is 19.6. The molecule has 0 atom stereocenters. The highest BCUT2D eigenvalue weighted by molar-refractivity contribution is 7.81. The Morgan fingerprint density at radius 2 is 1.03 bits per heavy atom. The first-order valence-electron chi connectivity index (χ1n) is 10.4. The fourth-order valence-electron chi connectivity index (χ4n) is 2.47. The van der Waals surface area contributed by atoms with Gasteiger partial charge in [0.25, 0.3) is 10.2 Å². The standard InChI is InChI=1S/2C11H11N3S2.H2O4S/c2*1-8-7-12-11(16-8)14-10(15)13-9-5-3-2-4-6-9;1-5(2,3)4/h2*2-7H,1H3,(H2,12,13,14,15);(H2,1,2,3,4). The molecule has 6 N–H and O–H groups in total. The van der Waals surface area contributed by atoms with E-state index in [2.05, 4.69) is 31.2 Å². The maximum atomic E-state index is 8.52.